The number of carbonyl (C=O) groups excluding carboxylic acids is 1. The average Bonchev–Trinajstić information content (AvgIpc) is 2.80. The Morgan fingerprint density at radius 2 is 2.26 bits per heavy atom. The Labute approximate surface area is 114 Å². The van der Waals surface area contributed by atoms with Crippen LogP contribution in [0, 0.1) is 0 Å². The third-order valence-corrected chi connectivity index (χ3v) is 5.28. The molecule has 110 valence electrons. The van der Waals surface area contributed by atoms with Gasteiger partial charge in [0, 0.05) is 32.2 Å². The van der Waals surface area contributed by atoms with Gasteiger partial charge in [-0.2, -0.15) is 0 Å². The minimum atomic E-state index is -2.97. The first kappa shape index (κ1) is 14.7. The van der Waals surface area contributed by atoms with E-state index in [1.165, 1.54) is 0 Å². The summed E-state index contributed by atoms with van der Waals surface area (Å²) in [5.41, 5.74) is 0. The van der Waals surface area contributed by atoms with Crippen molar-refractivity contribution in [2.45, 2.75) is 37.8 Å². The summed E-state index contributed by atoms with van der Waals surface area (Å²) < 4.78 is 28.4. The molecule has 0 aromatic carbocycles. The smallest absolute Gasteiger partial charge is 0.221 e. The van der Waals surface area contributed by atoms with Crippen LogP contribution in [-0.4, -0.2) is 57.7 Å². The summed E-state index contributed by atoms with van der Waals surface area (Å²) in [4.78, 5) is 11.7. The van der Waals surface area contributed by atoms with Crippen molar-refractivity contribution in [2.75, 3.05) is 31.2 Å². The molecule has 2 atom stereocenters. The summed E-state index contributed by atoms with van der Waals surface area (Å²) in [5, 5.41) is 5.90. The first-order valence-electron chi connectivity index (χ1n) is 6.87. The maximum absolute atomic E-state index is 11.7. The molecule has 7 heteroatoms. The van der Waals surface area contributed by atoms with E-state index in [0.717, 1.165) is 25.9 Å². The first-order valence-corrected chi connectivity index (χ1v) is 8.69. The van der Waals surface area contributed by atoms with E-state index in [4.69, 9.17) is 4.74 Å². The molecule has 2 aliphatic heterocycles. The van der Waals surface area contributed by atoms with Crippen molar-refractivity contribution < 1.29 is 17.9 Å². The van der Waals surface area contributed by atoms with Crippen LogP contribution >= 0.6 is 0 Å². The van der Waals surface area contributed by atoms with Gasteiger partial charge in [0.25, 0.3) is 0 Å². The fourth-order valence-electron chi connectivity index (χ4n) is 2.54. The molecule has 0 aromatic heterocycles. The fraction of sp³-hybridized carbons (Fsp3) is 0.917. The van der Waals surface area contributed by atoms with Crippen LogP contribution in [0.2, 0.25) is 0 Å². The van der Waals surface area contributed by atoms with Crippen LogP contribution in [-0.2, 0) is 19.4 Å². The van der Waals surface area contributed by atoms with Crippen LogP contribution in [0.25, 0.3) is 0 Å². The van der Waals surface area contributed by atoms with Gasteiger partial charge in [-0.1, -0.05) is 0 Å². The molecule has 2 fully saturated rings. The summed E-state index contributed by atoms with van der Waals surface area (Å²) in [5.74, 6) is 0.142. The van der Waals surface area contributed by atoms with Gasteiger partial charge in [0.1, 0.15) is 0 Å². The second-order valence-electron chi connectivity index (χ2n) is 5.24. The van der Waals surface area contributed by atoms with E-state index in [-0.39, 0.29) is 36.0 Å². The lowest BCUT2D eigenvalue weighted by molar-refractivity contribution is -0.121. The van der Waals surface area contributed by atoms with Crippen molar-refractivity contribution in [2.24, 2.45) is 0 Å². The molecule has 2 rings (SSSR count). The first-order chi connectivity index (χ1) is 9.05. The molecule has 0 aromatic rings. The Morgan fingerprint density at radius 1 is 1.42 bits per heavy atom. The van der Waals surface area contributed by atoms with E-state index >= 15 is 0 Å². The second kappa shape index (κ2) is 6.67. The SMILES string of the molecule is O=C(CC1CS(=O)(=O)CCN1)NCCC1CCCO1. The molecule has 2 heterocycles. The van der Waals surface area contributed by atoms with E-state index in [1.807, 2.05) is 0 Å². The Bertz CT molecular complexity index is 404. The van der Waals surface area contributed by atoms with Crippen molar-refractivity contribution in [1.82, 2.24) is 10.6 Å². The quantitative estimate of drug-likeness (QED) is 0.709. The Kier molecular flexibility index (Phi) is 5.18. The zero-order valence-corrected chi connectivity index (χ0v) is 11.9. The molecule has 2 N–H and O–H groups in total. The van der Waals surface area contributed by atoms with Crippen LogP contribution in [0.4, 0.5) is 0 Å². The normalized spacial score (nSPS) is 30.1. The lowest BCUT2D eigenvalue weighted by Gasteiger charge is -2.23. The van der Waals surface area contributed by atoms with Crippen molar-refractivity contribution in [3.05, 3.63) is 0 Å². The van der Waals surface area contributed by atoms with Gasteiger partial charge >= 0.3 is 0 Å². The van der Waals surface area contributed by atoms with Gasteiger partial charge in [0.05, 0.1) is 17.6 Å². The average molecular weight is 290 g/mol. The molecule has 0 saturated carbocycles. The number of sulfone groups is 1. The standard InChI is InChI=1S/C12H22N2O4S/c15-12(14-4-3-11-2-1-6-18-11)8-10-9-19(16,17)7-5-13-10/h10-11,13H,1-9H2,(H,14,15). The fourth-order valence-corrected chi connectivity index (χ4v) is 3.98. The van der Waals surface area contributed by atoms with E-state index in [2.05, 4.69) is 10.6 Å². The zero-order valence-electron chi connectivity index (χ0n) is 11.1. The summed E-state index contributed by atoms with van der Waals surface area (Å²) in [6.07, 6.45) is 3.50. The van der Waals surface area contributed by atoms with Crippen molar-refractivity contribution in [3.8, 4) is 0 Å². The highest BCUT2D eigenvalue weighted by Gasteiger charge is 2.26. The third kappa shape index (κ3) is 5.08. The van der Waals surface area contributed by atoms with E-state index in [1.54, 1.807) is 0 Å². The molecular weight excluding hydrogens is 268 g/mol. The molecular formula is C12H22N2O4S. The minimum absolute atomic E-state index is 0.0617. The Hall–Kier alpha value is -0.660. The number of ether oxygens (including phenoxy) is 1. The Morgan fingerprint density at radius 3 is 2.95 bits per heavy atom. The molecule has 0 bridgehead atoms. The molecule has 0 aliphatic carbocycles. The Balaban J connectivity index is 1.63. The van der Waals surface area contributed by atoms with Gasteiger partial charge in [0.15, 0.2) is 9.84 Å². The van der Waals surface area contributed by atoms with E-state index in [9.17, 15) is 13.2 Å². The number of carbonyl (C=O) groups is 1. The monoisotopic (exact) mass is 290 g/mol. The summed E-state index contributed by atoms with van der Waals surface area (Å²) in [6.45, 7) is 1.86. The van der Waals surface area contributed by atoms with Crippen molar-refractivity contribution in [1.29, 1.82) is 0 Å². The highest BCUT2D eigenvalue weighted by atomic mass is 32.2. The second-order valence-corrected chi connectivity index (χ2v) is 7.47. The molecule has 2 unspecified atom stereocenters. The van der Waals surface area contributed by atoms with Gasteiger partial charge in [-0.25, -0.2) is 8.42 Å². The van der Waals surface area contributed by atoms with E-state index in [0.29, 0.717) is 13.1 Å². The van der Waals surface area contributed by atoms with Crippen LogP contribution in [0.5, 0.6) is 0 Å². The lowest BCUT2D eigenvalue weighted by Crippen LogP contribution is -2.47. The number of hydrogen-bond donors (Lipinski definition) is 2. The largest absolute Gasteiger partial charge is 0.378 e. The molecule has 19 heavy (non-hydrogen) atoms. The zero-order chi connectivity index (χ0) is 13.7. The molecule has 0 spiro atoms. The molecule has 1 amide bonds. The van der Waals surface area contributed by atoms with Crippen LogP contribution < -0.4 is 10.6 Å². The molecule has 0 radical (unpaired) electrons. The predicted octanol–water partition coefficient (Wildman–Crippen LogP) is -0.552. The summed E-state index contributed by atoms with van der Waals surface area (Å²) in [7, 11) is -2.97. The van der Waals surface area contributed by atoms with E-state index < -0.39 is 9.84 Å². The van der Waals surface area contributed by atoms with Crippen molar-refractivity contribution in [3.63, 3.8) is 0 Å². The molecule has 6 nitrogen and oxygen atoms in total. The minimum Gasteiger partial charge on any atom is -0.378 e. The maximum Gasteiger partial charge on any atom is 0.221 e. The van der Waals surface area contributed by atoms with Crippen LogP contribution in [0.3, 0.4) is 0 Å². The van der Waals surface area contributed by atoms with Crippen LogP contribution in [0.15, 0.2) is 0 Å². The van der Waals surface area contributed by atoms with Gasteiger partial charge in [-0.3, -0.25) is 4.79 Å². The van der Waals surface area contributed by atoms with Crippen molar-refractivity contribution >= 4 is 15.7 Å². The highest BCUT2D eigenvalue weighted by molar-refractivity contribution is 7.91. The third-order valence-electron chi connectivity index (χ3n) is 3.55. The van der Waals surface area contributed by atoms with Gasteiger partial charge in [0.2, 0.25) is 5.91 Å². The lowest BCUT2D eigenvalue weighted by atomic mass is 10.2. The number of amides is 1. The predicted molar refractivity (Wildman–Crippen MR) is 71.7 cm³/mol. The topological polar surface area (TPSA) is 84.5 Å². The summed E-state index contributed by atoms with van der Waals surface area (Å²) in [6, 6.07) is -0.249. The number of rotatable bonds is 5. The summed E-state index contributed by atoms with van der Waals surface area (Å²) >= 11 is 0. The van der Waals surface area contributed by atoms with Gasteiger partial charge in [-0.15, -0.1) is 0 Å². The highest BCUT2D eigenvalue weighted by Crippen LogP contribution is 2.14. The van der Waals surface area contributed by atoms with Gasteiger partial charge < -0.3 is 15.4 Å². The van der Waals surface area contributed by atoms with Gasteiger partial charge in [-0.05, 0) is 19.3 Å². The van der Waals surface area contributed by atoms with Crippen LogP contribution in [0.1, 0.15) is 25.7 Å². The number of nitrogens with one attached hydrogen (secondary N) is 2. The number of hydrogen-bond acceptors (Lipinski definition) is 5. The molecule has 2 saturated heterocycles. The molecule has 2 aliphatic rings. The maximum atomic E-state index is 11.7.